The Morgan fingerprint density at radius 3 is 2.38 bits per heavy atom. The Balaban J connectivity index is 2.52. The molecular weight excluding hydrogens is 378 g/mol. The lowest BCUT2D eigenvalue weighted by Gasteiger charge is -2.18. The topological polar surface area (TPSA) is 115 Å². The first-order valence-electron chi connectivity index (χ1n) is 8.75. The fourth-order valence-corrected chi connectivity index (χ4v) is 2.76. The maximum absolute atomic E-state index is 12.5. The van der Waals surface area contributed by atoms with Crippen LogP contribution in [0.3, 0.4) is 0 Å². The van der Waals surface area contributed by atoms with Crippen LogP contribution in [0.25, 0.3) is 0 Å². The monoisotopic (exact) mass is 401 g/mol. The molecule has 0 saturated heterocycles. The summed E-state index contributed by atoms with van der Waals surface area (Å²) in [6.07, 6.45) is 0.848. The van der Waals surface area contributed by atoms with Crippen LogP contribution in [-0.4, -0.2) is 42.9 Å². The molecule has 1 aromatic heterocycles. The quantitative estimate of drug-likeness (QED) is 0.516. The highest BCUT2D eigenvalue weighted by atomic mass is 16.5. The average molecular weight is 401 g/mol. The lowest BCUT2D eigenvalue weighted by atomic mass is 9.88. The van der Waals surface area contributed by atoms with Crippen LogP contribution < -0.4 is 10.3 Å². The Labute approximate surface area is 167 Å². The van der Waals surface area contributed by atoms with Crippen LogP contribution in [0.2, 0.25) is 0 Å². The van der Waals surface area contributed by atoms with Gasteiger partial charge in [-0.2, -0.15) is 0 Å². The number of ether oxygens (including phenoxy) is 3. The van der Waals surface area contributed by atoms with Gasteiger partial charge >= 0.3 is 11.9 Å². The van der Waals surface area contributed by atoms with E-state index in [1.807, 2.05) is 6.92 Å². The number of pyridine rings is 1. The lowest BCUT2D eigenvalue weighted by molar-refractivity contribution is -0.140. The minimum absolute atomic E-state index is 0.131. The SMILES string of the molecule is C=C(C)COc1ccc(C(CC(=O)OC)c2c(O)c(C(=O)OC)c[nH]c2=O)cc1. The van der Waals surface area contributed by atoms with Gasteiger partial charge < -0.3 is 24.3 Å². The number of nitrogens with one attached hydrogen (secondary N) is 1. The summed E-state index contributed by atoms with van der Waals surface area (Å²) in [7, 11) is 2.38. The van der Waals surface area contributed by atoms with Crippen molar-refractivity contribution in [3.05, 3.63) is 69.7 Å². The van der Waals surface area contributed by atoms with Gasteiger partial charge in [0.1, 0.15) is 23.7 Å². The smallest absolute Gasteiger partial charge is 0.343 e. The fourth-order valence-electron chi connectivity index (χ4n) is 2.76. The van der Waals surface area contributed by atoms with E-state index < -0.39 is 29.2 Å². The number of H-pyrrole nitrogens is 1. The molecule has 1 unspecified atom stereocenters. The summed E-state index contributed by atoms with van der Waals surface area (Å²) >= 11 is 0. The van der Waals surface area contributed by atoms with Gasteiger partial charge in [-0.15, -0.1) is 0 Å². The standard InChI is InChI=1S/C21H23NO7/c1-12(2)11-29-14-7-5-13(6-8-14)15(9-17(23)27-3)18-19(24)16(21(26)28-4)10-22-20(18)25/h5-8,10,15H,1,9,11H2,2-4H3,(H2,22,24,25). The van der Waals surface area contributed by atoms with E-state index in [2.05, 4.69) is 16.3 Å². The summed E-state index contributed by atoms with van der Waals surface area (Å²) in [6.45, 7) is 5.96. The number of carbonyl (C=O) groups is 2. The summed E-state index contributed by atoms with van der Waals surface area (Å²) in [5.74, 6) is -2.22. The van der Waals surface area contributed by atoms with Gasteiger partial charge in [-0.1, -0.05) is 18.7 Å². The number of methoxy groups -OCH3 is 2. The summed E-state index contributed by atoms with van der Waals surface area (Å²) in [6, 6.07) is 6.70. The summed E-state index contributed by atoms with van der Waals surface area (Å²) in [4.78, 5) is 38.7. The van der Waals surface area contributed by atoms with Gasteiger partial charge in [0.2, 0.25) is 0 Å². The predicted octanol–water partition coefficient (Wildman–Crippen LogP) is 2.52. The molecule has 1 aromatic carbocycles. The van der Waals surface area contributed by atoms with Crippen LogP contribution in [-0.2, 0) is 14.3 Å². The molecule has 154 valence electrons. The van der Waals surface area contributed by atoms with Crippen molar-refractivity contribution in [2.24, 2.45) is 0 Å². The largest absolute Gasteiger partial charge is 0.506 e. The fraction of sp³-hybridized carbons (Fsp3) is 0.286. The molecule has 8 heteroatoms. The number of aromatic nitrogens is 1. The lowest BCUT2D eigenvalue weighted by Crippen LogP contribution is -2.22. The average Bonchev–Trinajstić information content (AvgIpc) is 2.71. The maximum atomic E-state index is 12.5. The highest BCUT2D eigenvalue weighted by Gasteiger charge is 2.28. The normalized spacial score (nSPS) is 11.4. The van der Waals surface area contributed by atoms with E-state index in [9.17, 15) is 19.5 Å². The van der Waals surface area contributed by atoms with Gasteiger partial charge in [-0.3, -0.25) is 9.59 Å². The third kappa shape index (κ3) is 5.25. The van der Waals surface area contributed by atoms with Crippen molar-refractivity contribution >= 4 is 11.9 Å². The zero-order valence-electron chi connectivity index (χ0n) is 16.5. The molecule has 0 spiro atoms. The van der Waals surface area contributed by atoms with Crippen LogP contribution in [0.1, 0.15) is 40.7 Å². The van der Waals surface area contributed by atoms with E-state index in [0.29, 0.717) is 17.9 Å². The summed E-state index contributed by atoms with van der Waals surface area (Å²) < 4.78 is 14.9. The van der Waals surface area contributed by atoms with Gasteiger partial charge in [-0.05, 0) is 30.2 Å². The third-order valence-electron chi connectivity index (χ3n) is 4.22. The van der Waals surface area contributed by atoms with Crippen molar-refractivity contribution in [1.82, 2.24) is 4.98 Å². The number of aromatic hydroxyl groups is 1. The molecule has 0 amide bonds. The first-order valence-corrected chi connectivity index (χ1v) is 8.75. The molecule has 2 aromatic rings. The van der Waals surface area contributed by atoms with E-state index in [-0.39, 0.29) is 17.5 Å². The van der Waals surface area contributed by atoms with Crippen molar-refractivity contribution in [2.75, 3.05) is 20.8 Å². The van der Waals surface area contributed by atoms with Gasteiger partial charge in [0.15, 0.2) is 0 Å². The molecular formula is C21H23NO7. The van der Waals surface area contributed by atoms with Gasteiger partial charge in [0.05, 0.1) is 26.2 Å². The first-order chi connectivity index (χ1) is 13.8. The van der Waals surface area contributed by atoms with E-state index in [1.54, 1.807) is 24.3 Å². The molecule has 1 heterocycles. The van der Waals surface area contributed by atoms with Crippen LogP contribution in [0, 0.1) is 0 Å². The molecule has 0 saturated carbocycles. The molecule has 0 aliphatic carbocycles. The highest BCUT2D eigenvalue weighted by molar-refractivity contribution is 5.92. The van der Waals surface area contributed by atoms with E-state index >= 15 is 0 Å². The molecule has 0 bridgehead atoms. The number of rotatable bonds is 8. The van der Waals surface area contributed by atoms with E-state index in [1.165, 1.54) is 7.11 Å². The predicted molar refractivity (Wildman–Crippen MR) is 105 cm³/mol. The Morgan fingerprint density at radius 1 is 1.17 bits per heavy atom. The third-order valence-corrected chi connectivity index (χ3v) is 4.22. The van der Waals surface area contributed by atoms with Gasteiger partial charge in [0.25, 0.3) is 5.56 Å². The van der Waals surface area contributed by atoms with Crippen molar-refractivity contribution < 1.29 is 28.9 Å². The Hall–Kier alpha value is -3.55. The first kappa shape index (κ1) is 21.7. The Kier molecular flexibility index (Phi) is 7.19. The molecule has 0 radical (unpaired) electrons. The van der Waals surface area contributed by atoms with Crippen molar-refractivity contribution in [3.63, 3.8) is 0 Å². The maximum Gasteiger partial charge on any atom is 0.343 e. The minimum Gasteiger partial charge on any atom is -0.506 e. The number of esters is 2. The van der Waals surface area contributed by atoms with Crippen LogP contribution in [0.4, 0.5) is 0 Å². The van der Waals surface area contributed by atoms with Gasteiger partial charge in [0, 0.05) is 12.1 Å². The number of hydrogen-bond donors (Lipinski definition) is 2. The van der Waals surface area contributed by atoms with E-state index in [4.69, 9.17) is 9.47 Å². The molecule has 8 nitrogen and oxygen atoms in total. The van der Waals surface area contributed by atoms with Crippen LogP contribution in [0.5, 0.6) is 11.5 Å². The molecule has 2 N–H and O–H groups in total. The molecule has 1 atom stereocenters. The summed E-state index contributed by atoms with van der Waals surface area (Å²) in [5, 5.41) is 10.6. The molecule has 0 fully saturated rings. The zero-order valence-corrected chi connectivity index (χ0v) is 16.5. The van der Waals surface area contributed by atoms with Crippen LogP contribution in [0.15, 0.2) is 47.4 Å². The zero-order chi connectivity index (χ0) is 21.6. The Bertz CT molecular complexity index is 960. The highest BCUT2D eigenvalue weighted by Crippen LogP contribution is 2.34. The number of hydrogen-bond acceptors (Lipinski definition) is 7. The minimum atomic E-state index is -0.856. The second-order valence-corrected chi connectivity index (χ2v) is 6.43. The van der Waals surface area contributed by atoms with E-state index in [0.717, 1.165) is 18.9 Å². The number of carbonyl (C=O) groups excluding carboxylic acids is 2. The van der Waals surface area contributed by atoms with Gasteiger partial charge in [-0.25, -0.2) is 4.79 Å². The molecule has 0 aliphatic rings. The molecule has 2 rings (SSSR count). The molecule has 29 heavy (non-hydrogen) atoms. The molecule has 0 aliphatic heterocycles. The Morgan fingerprint density at radius 2 is 1.83 bits per heavy atom. The van der Waals surface area contributed by atoms with Crippen molar-refractivity contribution in [1.29, 1.82) is 0 Å². The van der Waals surface area contributed by atoms with Crippen molar-refractivity contribution in [2.45, 2.75) is 19.3 Å². The number of benzene rings is 1. The van der Waals surface area contributed by atoms with Crippen LogP contribution >= 0.6 is 0 Å². The van der Waals surface area contributed by atoms with Crippen molar-refractivity contribution in [3.8, 4) is 11.5 Å². The second-order valence-electron chi connectivity index (χ2n) is 6.43. The number of aromatic amines is 1. The second kappa shape index (κ2) is 9.59. The summed E-state index contributed by atoms with van der Waals surface area (Å²) in [5.41, 5.74) is 0.438.